The van der Waals surface area contributed by atoms with E-state index in [1.807, 2.05) is 23.5 Å². The van der Waals surface area contributed by atoms with Gasteiger partial charge in [0, 0.05) is 5.54 Å². The van der Waals surface area contributed by atoms with Crippen LogP contribution in [0.2, 0.25) is 0 Å². The van der Waals surface area contributed by atoms with E-state index < -0.39 is 0 Å². The van der Waals surface area contributed by atoms with Crippen molar-refractivity contribution in [2.75, 3.05) is 11.5 Å². The molecule has 0 aromatic rings. The minimum absolute atomic E-state index is 0.0106. The molecule has 4 heteroatoms. The van der Waals surface area contributed by atoms with Crippen LogP contribution in [0, 0.1) is 0 Å². The van der Waals surface area contributed by atoms with E-state index >= 15 is 0 Å². The molecule has 1 unspecified atom stereocenters. The highest BCUT2D eigenvalue weighted by Gasteiger charge is 2.41. The first-order valence-electron chi connectivity index (χ1n) is 8.35. The van der Waals surface area contributed by atoms with Gasteiger partial charge in [0.2, 0.25) is 0 Å². The molecule has 2 rings (SSSR count). The monoisotopic (exact) mass is 317 g/mol. The predicted octanol–water partition coefficient (Wildman–Crippen LogP) is 4.16. The summed E-state index contributed by atoms with van der Waals surface area (Å²) in [7, 11) is 0. The van der Waals surface area contributed by atoms with Gasteiger partial charge in [-0.05, 0) is 50.0 Å². The maximum Gasteiger partial charge on any atom is 0.0868 e. The molecule has 1 aliphatic carbocycles. The van der Waals surface area contributed by atoms with Gasteiger partial charge >= 0.3 is 0 Å². The minimum atomic E-state index is -0.194. The molecular weight excluding hydrogens is 286 g/mol. The molecule has 1 saturated heterocycles. The average molecular weight is 318 g/mol. The normalized spacial score (nSPS) is 27.1. The number of thioether (sulfide) groups is 2. The Labute approximate surface area is 133 Å². The molecule has 2 aliphatic rings. The van der Waals surface area contributed by atoms with Gasteiger partial charge in [0.1, 0.15) is 0 Å². The highest BCUT2D eigenvalue weighted by molar-refractivity contribution is 8.18. The van der Waals surface area contributed by atoms with Crippen molar-refractivity contribution in [2.24, 2.45) is 5.73 Å². The fourth-order valence-corrected chi connectivity index (χ4v) is 7.19. The van der Waals surface area contributed by atoms with E-state index in [2.05, 4.69) is 6.92 Å². The van der Waals surface area contributed by atoms with Crippen LogP contribution >= 0.6 is 23.5 Å². The topological polar surface area (TPSA) is 46.2 Å². The van der Waals surface area contributed by atoms with Crippen molar-refractivity contribution >= 4 is 23.5 Å². The van der Waals surface area contributed by atoms with Crippen LogP contribution in [0.1, 0.15) is 71.1 Å². The molecule has 0 amide bonds. The molecule has 2 fully saturated rings. The zero-order valence-electron chi connectivity index (χ0n) is 12.9. The molecule has 0 spiro atoms. The summed E-state index contributed by atoms with van der Waals surface area (Å²) >= 11 is 4.00. The maximum absolute atomic E-state index is 10.8. The van der Waals surface area contributed by atoms with Crippen LogP contribution in [0.5, 0.6) is 0 Å². The van der Waals surface area contributed by atoms with E-state index in [9.17, 15) is 5.11 Å². The Morgan fingerprint density at radius 2 is 1.70 bits per heavy atom. The summed E-state index contributed by atoms with van der Waals surface area (Å²) in [5.41, 5.74) is 6.54. The Balaban J connectivity index is 1.89. The molecule has 2 nitrogen and oxygen atoms in total. The number of hydrogen-bond acceptors (Lipinski definition) is 4. The molecule has 0 aromatic heterocycles. The van der Waals surface area contributed by atoms with Crippen LogP contribution in [0.4, 0.5) is 0 Å². The Morgan fingerprint density at radius 1 is 1.05 bits per heavy atom. The smallest absolute Gasteiger partial charge is 0.0868 e. The Bertz CT molecular complexity index is 281. The third kappa shape index (κ3) is 4.31. The summed E-state index contributed by atoms with van der Waals surface area (Å²) in [6.45, 7) is 2.23. The number of aliphatic hydroxyl groups is 1. The summed E-state index contributed by atoms with van der Waals surface area (Å²) in [4.78, 5) is 0. The Morgan fingerprint density at radius 3 is 2.30 bits per heavy atom. The lowest BCUT2D eigenvalue weighted by Gasteiger charge is -2.41. The molecule has 1 atom stereocenters. The first-order valence-corrected chi connectivity index (χ1v) is 10.3. The van der Waals surface area contributed by atoms with E-state index in [4.69, 9.17) is 5.73 Å². The van der Waals surface area contributed by atoms with E-state index in [1.165, 1.54) is 37.2 Å². The Kier molecular flexibility index (Phi) is 6.58. The molecule has 1 aliphatic heterocycles. The van der Waals surface area contributed by atoms with Gasteiger partial charge in [-0.25, -0.2) is 0 Å². The zero-order valence-corrected chi connectivity index (χ0v) is 14.5. The lowest BCUT2D eigenvalue weighted by Crippen LogP contribution is -2.45. The van der Waals surface area contributed by atoms with Crippen LogP contribution in [-0.2, 0) is 0 Å². The molecule has 0 radical (unpaired) electrons. The summed E-state index contributed by atoms with van der Waals surface area (Å²) in [5.74, 6) is 2.41. The van der Waals surface area contributed by atoms with Gasteiger partial charge in [-0.15, -0.1) is 23.5 Å². The van der Waals surface area contributed by atoms with Gasteiger partial charge in [0.15, 0.2) is 0 Å². The SMILES string of the molecule is CCCC1(C(O)CCC2(N)CCCCC2)SCCCS1. The van der Waals surface area contributed by atoms with Gasteiger partial charge in [0.25, 0.3) is 0 Å². The average Bonchev–Trinajstić information content (AvgIpc) is 2.47. The van der Waals surface area contributed by atoms with Gasteiger partial charge in [0.05, 0.1) is 10.2 Å². The summed E-state index contributed by atoms with van der Waals surface area (Å²) < 4.78 is 0.0536. The molecule has 1 heterocycles. The van der Waals surface area contributed by atoms with Crippen molar-refractivity contribution in [1.29, 1.82) is 0 Å². The largest absolute Gasteiger partial charge is 0.391 e. The van der Waals surface area contributed by atoms with Gasteiger partial charge in [-0.2, -0.15) is 0 Å². The zero-order chi connectivity index (χ0) is 14.5. The molecule has 118 valence electrons. The molecule has 1 saturated carbocycles. The second-order valence-corrected chi connectivity index (χ2v) is 9.70. The second-order valence-electron chi connectivity index (χ2n) is 6.59. The van der Waals surface area contributed by atoms with Crippen LogP contribution < -0.4 is 5.73 Å². The third-order valence-corrected chi connectivity index (χ3v) is 8.47. The Hall–Kier alpha value is 0.620. The quantitative estimate of drug-likeness (QED) is 0.772. The van der Waals surface area contributed by atoms with Crippen molar-refractivity contribution in [2.45, 2.75) is 86.9 Å². The van der Waals surface area contributed by atoms with Crippen molar-refractivity contribution in [3.8, 4) is 0 Å². The molecule has 20 heavy (non-hydrogen) atoms. The number of nitrogens with two attached hydrogens (primary N) is 1. The third-order valence-electron chi connectivity index (χ3n) is 4.85. The summed E-state index contributed by atoms with van der Waals surface area (Å²) in [6, 6.07) is 0. The van der Waals surface area contributed by atoms with E-state index in [0.29, 0.717) is 0 Å². The first kappa shape index (κ1) is 17.0. The molecule has 3 N–H and O–H groups in total. The maximum atomic E-state index is 10.8. The summed E-state index contributed by atoms with van der Waals surface area (Å²) in [6.07, 6.45) is 11.5. The van der Waals surface area contributed by atoms with Crippen molar-refractivity contribution < 1.29 is 5.11 Å². The predicted molar refractivity (Wildman–Crippen MR) is 92.4 cm³/mol. The first-order chi connectivity index (χ1) is 9.60. The van der Waals surface area contributed by atoms with E-state index in [-0.39, 0.29) is 15.7 Å². The molecule has 0 aromatic carbocycles. The highest BCUT2D eigenvalue weighted by Crippen LogP contribution is 2.49. The number of hydrogen-bond donors (Lipinski definition) is 2. The second kappa shape index (κ2) is 7.75. The minimum Gasteiger partial charge on any atom is -0.391 e. The van der Waals surface area contributed by atoms with Crippen LogP contribution in [-0.4, -0.2) is 32.3 Å². The molecule has 0 bridgehead atoms. The summed E-state index contributed by atoms with van der Waals surface area (Å²) in [5, 5.41) is 10.8. The fourth-order valence-electron chi connectivity index (χ4n) is 3.59. The molecular formula is C16H31NOS2. The van der Waals surface area contributed by atoms with Crippen molar-refractivity contribution in [3.63, 3.8) is 0 Å². The van der Waals surface area contributed by atoms with E-state index in [1.54, 1.807) is 0 Å². The lowest BCUT2D eigenvalue weighted by molar-refractivity contribution is 0.127. The van der Waals surface area contributed by atoms with Gasteiger partial charge in [-0.1, -0.05) is 32.6 Å². The van der Waals surface area contributed by atoms with Crippen LogP contribution in [0.3, 0.4) is 0 Å². The van der Waals surface area contributed by atoms with Crippen LogP contribution in [0.15, 0.2) is 0 Å². The van der Waals surface area contributed by atoms with Gasteiger partial charge in [-0.3, -0.25) is 0 Å². The number of rotatable bonds is 6. The van der Waals surface area contributed by atoms with E-state index in [0.717, 1.165) is 38.5 Å². The number of aliphatic hydroxyl groups excluding tert-OH is 1. The standard InChI is InChI=1S/C16H31NOS2/c1-2-8-16(19-12-6-13-20-16)14(18)7-11-15(17)9-4-3-5-10-15/h14,18H,2-13,17H2,1H3. The van der Waals surface area contributed by atoms with Crippen molar-refractivity contribution in [3.05, 3.63) is 0 Å². The highest BCUT2D eigenvalue weighted by atomic mass is 32.2. The van der Waals surface area contributed by atoms with Crippen LogP contribution in [0.25, 0.3) is 0 Å². The fraction of sp³-hybridized carbons (Fsp3) is 1.00. The van der Waals surface area contributed by atoms with Crippen molar-refractivity contribution in [1.82, 2.24) is 0 Å². The van der Waals surface area contributed by atoms with Gasteiger partial charge < -0.3 is 10.8 Å². The lowest BCUT2D eigenvalue weighted by atomic mass is 9.78.